The average Bonchev–Trinajstić information content (AvgIpc) is 2.09. The molecule has 0 bridgehead atoms. The molecule has 0 atom stereocenters. The summed E-state index contributed by atoms with van der Waals surface area (Å²) in [4.78, 5) is 8.40. The van der Waals surface area contributed by atoms with Gasteiger partial charge in [-0.25, -0.2) is 0 Å². The number of hydrogen-bond acceptors (Lipinski definition) is 5. The Labute approximate surface area is 85.0 Å². The van der Waals surface area contributed by atoms with E-state index in [1.807, 2.05) is 19.6 Å². The monoisotopic (exact) mass is 219 g/mol. The lowest BCUT2D eigenvalue weighted by atomic mass is 11.0. The van der Waals surface area contributed by atoms with Gasteiger partial charge in [0.2, 0.25) is 4.77 Å². The van der Waals surface area contributed by atoms with E-state index < -0.39 is 0 Å². The number of aromatic nitrogens is 3. The fraction of sp³-hybridized carbons (Fsp3) is 0.500. The Morgan fingerprint density at radius 1 is 1.25 bits per heavy atom. The van der Waals surface area contributed by atoms with Crippen molar-refractivity contribution in [3.63, 3.8) is 0 Å². The maximum absolute atomic E-state index is 5.05. The van der Waals surface area contributed by atoms with Crippen LogP contribution in [-0.2, 0) is 7.05 Å². The lowest BCUT2D eigenvalue weighted by Crippen LogP contribution is -2.03. The van der Waals surface area contributed by atoms with Crippen LogP contribution in [0.3, 0.4) is 0 Å². The first-order chi connectivity index (χ1) is 5.69. The third kappa shape index (κ3) is 1.99. The molecule has 0 unspecified atom stereocenters. The second kappa shape index (κ2) is 4.25. The summed E-state index contributed by atoms with van der Waals surface area (Å²) >= 11 is 8.12. The molecule has 0 spiro atoms. The molecule has 0 amide bonds. The van der Waals surface area contributed by atoms with Gasteiger partial charge in [0.25, 0.3) is 0 Å². The molecule has 0 aliphatic rings. The summed E-state index contributed by atoms with van der Waals surface area (Å²) in [5, 5.41) is 1.64. The van der Waals surface area contributed by atoms with Gasteiger partial charge in [0.1, 0.15) is 0 Å². The molecule has 6 heteroatoms. The summed E-state index contributed by atoms with van der Waals surface area (Å²) in [6.45, 7) is 0. The summed E-state index contributed by atoms with van der Waals surface area (Å²) in [5.74, 6) is 0. The minimum Gasteiger partial charge on any atom is -0.299 e. The minimum absolute atomic E-state index is 0.582. The van der Waals surface area contributed by atoms with Crippen LogP contribution in [0.5, 0.6) is 0 Å². The van der Waals surface area contributed by atoms with Crippen molar-refractivity contribution in [2.24, 2.45) is 7.05 Å². The quantitative estimate of drug-likeness (QED) is 0.561. The van der Waals surface area contributed by atoms with Crippen molar-refractivity contribution in [3.8, 4) is 0 Å². The minimum atomic E-state index is 0.582. The molecule has 0 saturated heterocycles. The Morgan fingerprint density at radius 2 is 1.92 bits per heavy atom. The summed E-state index contributed by atoms with van der Waals surface area (Å²) in [6.07, 6.45) is 3.91. The van der Waals surface area contributed by atoms with Crippen LogP contribution < -0.4 is 0 Å². The largest absolute Gasteiger partial charge is 0.299 e. The van der Waals surface area contributed by atoms with Crippen LogP contribution in [-0.4, -0.2) is 27.0 Å². The van der Waals surface area contributed by atoms with Crippen molar-refractivity contribution < 1.29 is 0 Å². The van der Waals surface area contributed by atoms with Crippen LogP contribution in [0.15, 0.2) is 10.3 Å². The third-order valence-electron chi connectivity index (χ3n) is 1.32. The predicted molar refractivity (Wildman–Crippen MR) is 55.4 cm³/mol. The number of thioether (sulfide) groups is 2. The first-order valence-electron chi connectivity index (χ1n) is 3.22. The number of rotatable bonds is 2. The fourth-order valence-corrected chi connectivity index (χ4v) is 1.93. The average molecular weight is 219 g/mol. The molecule has 1 aromatic heterocycles. The van der Waals surface area contributed by atoms with E-state index in [-0.39, 0.29) is 0 Å². The van der Waals surface area contributed by atoms with Crippen LogP contribution >= 0.6 is 35.7 Å². The molecule has 0 aliphatic heterocycles. The van der Waals surface area contributed by atoms with Crippen molar-refractivity contribution in [3.05, 3.63) is 4.77 Å². The SMILES string of the molecule is CSc1nc(SC)n(C)c(=S)n1. The van der Waals surface area contributed by atoms with Crippen LogP contribution in [0.25, 0.3) is 0 Å². The second-order valence-corrected chi connectivity index (χ2v) is 3.95. The zero-order valence-electron chi connectivity index (χ0n) is 7.07. The number of nitrogens with zero attached hydrogens (tertiary/aromatic N) is 3. The van der Waals surface area contributed by atoms with E-state index >= 15 is 0 Å². The third-order valence-corrected chi connectivity index (χ3v) is 2.96. The molecule has 0 radical (unpaired) electrons. The number of hydrogen-bond donors (Lipinski definition) is 0. The molecule has 66 valence electrons. The van der Waals surface area contributed by atoms with Crippen LogP contribution in [0.1, 0.15) is 0 Å². The highest BCUT2D eigenvalue weighted by Crippen LogP contribution is 2.14. The van der Waals surface area contributed by atoms with Gasteiger partial charge in [-0.15, -0.1) is 0 Å². The van der Waals surface area contributed by atoms with Gasteiger partial charge in [0.15, 0.2) is 10.3 Å². The van der Waals surface area contributed by atoms with Gasteiger partial charge >= 0.3 is 0 Å². The fourth-order valence-electron chi connectivity index (χ4n) is 0.694. The van der Waals surface area contributed by atoms with Gasteiger partial charge in [0, 0.05) is 7.05 Å². The van der Waals surface area contributed by atoms with Crippen molar-refractivity contribution >= 4 is 35.7 Å². The molecule has 3 nitrogen and oxygen atoms in total. The maximum Gasteiger partial charge on any atom is 0.203 e. The Kier molecular flexibility index (Phi) is 3.54. The molecule has 0 N–H and O–H groups in total. The molecular formula is C6H9N3S3. The van der Waals surface area contributed by atoms with Crippen molar-refractivity contribution in [2.45, 2.75) is 10.3 Å². The molecule has 1 aromatic rings. The van der Waals surface area contributed by atoms with E-state index in [1.165, 1.54) is 11.8 Å². The molecule has 0 aliphatic carbocycles. The molecule has 0 saturated carbocycles. The summed E-state index contributed by atoms with van der Waals surface area (Å²) in [7, 11) is 1.87. The second-order valence-electron chi connectivity index (χ2n) is 2.04. The normalized spacial score (nSPS) is 10.2. The van der Waals surface area contributed by atoms with E-state index in [0.717, 1.165) is 10.3 Å². The van der Waals surface area contributed by atoms with Crippen LogP contribution in [0, 0.1) is 4.77 Å². The van der Waals surface area contributed by atoms with E-state index in [9.17, 15) is 0 Å². The Morgan fingerprint density at radius 3 is 2.42 bits per heavy atom. The highest BCUT2D eigenvalue weighted by atomic mass is 32.2. The maximum atomic E-state index is 5.05. The van der Waals surface area contributed by atoms with Crippen molar-refractivity contribution in [1.82, 2.24) is 14.5 Å². The molecule has 1 heterocycles. The highest BCUT2D eigenvalue weighted by Gasteiger charge is 2.01. The van der Waals surface area contributed by atoms with Crippen molar-refractivity contribution in [2.75, 3.05) is 12.5 Å². The first kappa shape index (κ1) is 10.0. The van der Waals surface area contributed by atoms with Gasteiger partial charge in [-0.2, -0.15) is 9.97 Å². The lowest BCUT2D eigenvalue weighted by Gasteiger charge is -2.04. The van der Waals surface area contributed by atoms with E-state index in [2.05, 4.69) is 9.97 Å². The molecule has 12 heavy (non-hydrogen) atoms. The van der Waals surface area contributed by atoms with Gasteiger partial charge in [0.05, 0.1) is 0 Å². The predicted octanol–water partition coefficient (Wildman–Crippen LogP) is 1.99. The standard InChI is InChI=1S/C6H9N3S3/c1-9-5(10)7-4(11-2)8-6(9)12-3/h1-3H3. The van der Waals surface area contributed by atoms with Gasteiger partial charge in [-0.05, 0) is 24.7 Å². The Hall–Kier alpha value is -0.0700. The summed E-state index contributed by atoms with van der Waals surface area (Å²) < 4.78 is 2.39. The zero-order valence-corrected chi connectivity index (χ0v) is 9.52. The zero-order chi connectivity index (χ0) is 9.14. The van der Waals surface area contributed by atoms with E-state index in [4.69, 9.17) is 12.2 Å². The van der Waals surface area contributed by atoms with E-state index in [0.29, 0.717) is 4.77 Å². The summed E-state index contributed by atoms with van der Waals surface area (Å²) in [5.41, 5.74) is 0. The molecule has 1 rings (SSSR count). The smallest absolute Gasteiger partial charge is 0.203 e. The Balaban J connectivity index is 3.29. The lowest BCUT2D eigenvalue weighted by molar-refractivity contribution is 0.647. The topological polar surface area (TPSA) is 30.7 Å². The first-order valence-corrected chi connectivity index (χ1v) is 6.08. The highest BCUT2D eigenvalue weighted by molar-refractivity contribution is 7.99. The van der Waals surface area contributed by atoms with Gasteiger partial charge in [-0.3, -0.25) is 4.57 Å². The van der Waals surface area contributed by atoms with Gasteiger partial charge in [-0.1, -0.05) is 23.5 Å². The van der Waals surface area contributed by atoms with Crippen LogP contribution in [0.4, 0.5) is 0 Å². The van der Waals surface area contributed by atoms with E-state index in [1.54, 1.807) is 16.3 Å². The molecular weight excluding hydrogens is 210 g/mol. The van der Waals surface area contributed by atoms with Crippen LogP contribution in [0.2, 0.25) is 0 Å². The molecule has 0 fully saturated rings. The Bertz CT molecular complexity index is 333. The molecule has 0 aromatic carbocycles. The van der Waals surface area contributed by atoms with Gasteiger partial charge < -0.3 is 0 Å². The summed E-state index contributed by atoms with van der Waals surface area (Å²) in [6, 6.07) is 0. The van der Waals surface area contributed by atoms with Crippen molar-refractivity contribution in [1.29, 1.82) is 0 Å².